The van der Waals surface area contributed by atoms with Gasteiger partial charge in [-0.2, -0.15) is 0 Å². The van der Waals surface area contributed by atoms with Gasteiger partial charge < -0.3 is 4.74 Å². The summed E-state index contributed by atoms with van der Waals surface area (Å²) < 4.78 is 7.25. The van der Waals surface area contributed by atoms with Gasteiger partial charge in [-0.05, 0) is 36.9 Å². The van der Waals surface area contributed by atoms with Crippen LogP contribution in [0.15, 0.2) is 29.2 Å². The van der Waals surface area contributed by atoms with E-state index < -0.39 is 27.5 Å². The lowest BCUT2D eigenvalue weighted by atomic mass is 10.2. The Morgan fingerprint density at radius 1 is 1.16 bits per heavy atom. The number of non-ortho nitro benzene ring substituents is 1. The minimum Gasteiger partial charge on any atom is -0.436 e. The topological polar surface area (TPSA) is 126 Å². The Balaban J connectivity index is 3.01. The largest absolute Gasteiger partial charge is 0.445 e. The number of carbonyl (C=O) groups excluding carboxylic acids is 2. The van der Waals surface area contributed by atoms with Crippen LogP contribution in [-0.4, -0.2) is 59.6 Å². The summed E-state index contributed by atoms with van der Waals surface area (Å²) in [4.78, 5) is 38.3. The molecule has 1 atom stereocenters. The summed E-state index contributed by atoms with van der Waals surface area (Å²) in [6.45, 7) is 4.24. The smallest absolute Gasteiger partial charge is 0.436 e. The van der Waals surface area contributed by atoms with Gasteiger partial charge in [-0.25, -0.2) is 19.7 Å². The number of ether oxygens (including phenoxy) is 1. The first-order valence-corrected chi connectivity index (χ1v) is 11.1. The summed E-state index contributed by atoms with van der Waals surface area (Å²) >= 11 is 0.922. The maximum Gasteiger partial charge on any atom is 0.445 e. The van der Waals surface area contributed by atoms with E-state index in [2.05, 4.69) is 11.6 Å². The SMILES string of the molecule is CCCCCCOC(=N)[N+](CCC)(C(=O)NSc1ccc([N+](=O)[O-])cc1)C(=O)N(C)C. The molecule has 1 aromatic carbocycles. The third-order valence-electron chi connectivity index (χ3n) is 4.50. The Bertz CT molecular complexity index is 772. The highest BCUT2D eigenvalue weighted by Crippen LogP contribution is 2.22. The van der Waals surface area contributed by atoms with Crippen molar-refractivity contribution in [3.8, 4) is 0 Å². The fourth-order valence-electron chi connectivity index (χ4n) is 2.87. The zero-order chi connectivity index (χ0) is 23.4. The molecule has 1 aromatic rings. The number of nitro groups is 1. The number of rotatable bonds is 10. The highest BCUT2D eigenvalue weighted by atomic mass is 32.2. The number of nitrogens with zero attached hydrogens (tertiary/aromatic N) is 3. The van der Waals surface area contributed by atoms with Crippen LogP contribution in [0.5, 0.6) is 0 Å². The molecule has 0 saturated carbocycles. The standard InChI is InChI=1S/C20H31N5O5S/c1-5-7-8-9-15-30-18(21)25(14-6-2,20(27)23(3)4)19(26)22-31-17-12-10-16(11-13-17)24(28)29/h10-13,21H,5-9,14-15H2,1-4H3/p+1. The van der Waals surface area contributed by atoms with Crippen LogP contribution in [0.2, 0.25) is 0 Å². The van der Waals surface area contributed by atoms with Gasteiger partial charge in [-0.15, -0.1) is 0 Å². The van der Waals surface area contributed by atoms with Crippen LogP contribution >= 0.6 is 11.9 Å². The fourth-order valence-corrected chi connectivity index (χ4v) is 3.50. The molecular formula is C20H32N5O5S+. The monoisotopic (exact) mass is 454 g/mol. The molecule has 0 radical (unpaired) electrons. The van der Waals surface area contributed by atoms with Gasteiger partial charge in [-0.3, -0.25) is 15.0 Å². The van der Waals surface area contributed by atoms with Crippen LogP contribution in [0.3, 0.4) is 0 Å². The molecule has 1 unspecified atom stereocenters. The number of carbonyl (C=O) groups is 2. The van der Waals surface area contributed by atoms with E-state index in [0.29, 0.717) is 11.3 Å². The number of unbranched alkanes of at least 4 members (excludes halogenated alkanes) is 3. The molecule has 0 heterocycles. The van der Waals surface area contributed by atoms with E-state index in [-0.39, 0.29) is 18.8 Å². The van der Waals surface area contributed by atoms with E-state index in [4.69, 9.17) is 10.1 Å². The first-order valence-electron chi connectivity index (χ1n) is 10.2. The molecule has 10 nitrogen and oxygen atoms in total. The van der Waals surface area contributed by atoms with E-state index in [1.165, 1.54) is 43.3 Å². The Morgan fingerprint density at radius 3 is 2.32 bits per heavy atom. The Hall–Kier alpha value is -2.66. The van der Waals surface area contributed by atoms with E-state index in [9.17, 15) is 19.7 Å². The normalized spacial score (nSPS) is 12.5. The van der Waals surface area contributed by atoms with E-state index in [0.717, 1.165) is 37.6 Å². The van der Waals surface area contributed by atoms with Crippen molar-refractivity contribution in [1.29, 1.82) is 5.41 Å². The predicted molar refractivity (Wildman–Crippen MR) is 120 cm³/mol. The highest BCUT2D eigenvalue weighted by Gasteiger charge is 2.52. The molecule has 4 amide bonds. The Morgan fingerprint density at radius 2 is 1.81 bits per heavy atom. The summed E-state index contributed by atoms with van der Waals surface area (Å²) in [5, 5.41) is 19.2. The second kappa shape index (κ2) is 12.9. The number of urea groups is 2. The lowest BCUT2D eigenvalue weighted by Gasteiger charge is -2.32. The van der Waals surface area contributed by atoms with Crippen molar-refractivity contribution in [3.63, 3.8) is 0 Å². The molecule has 2 N–H and O–H groups in total. The highest BCUT2D eigenvalue weighted by molar-refractivity contribution is 7.98. The molecule has 0 aromatic heterocycles. The van der Waals surface area contributed by atoms with Gasteiger partial charge in [0.2, 0.25) is 0 Å². The maximum atomic E-state index is 13.2. The molecule has 0 aliphatic heterocycles. The van der Waals surface area contributed by atoms with E-state index >= 15 is 0 Å². The molecule has 11 heteroatoms. The number of amides is 4. The fraction of sp³-hybridized carbons (Fsp3) is 0.550. The lowest BCUT2D eigenvalue weighted by Crippen LogP contribution is -2.66. The van der Waals surface area contributed by atoms with Crippen LogP contribution in [0, 0.1) is 15.5 Å². The average Bonchev–Trinajstić information content (AvgIpc) is 2.75. The number of hydrogen-bond acceptors (Lipinski definition) is 7. The molecule has 1 rings (SSSR count). The van der Waals surface area contributed by atoms with Crippen molar-refractivity contribution < 1.29 is 23.7 Å². The summed E-state index contributed by atoms with van der Waals surface area (Å²) in [6, 6.07) is 3.95. The van der Waals surface area contributed by atoms with Gasteiger partial charge in [0.15, 0.2) is 0 Å². The van der Waals surface area contributed by atoms with Gasteiger partial charge in [0.25, 0.3) is 5.69 Å². The van der Waals surface area contributed by atoms with Crippen molar-refractivity contribution in [1.82, 2.24) is 9.62 Å². The Labute approximate surface area is 187 Å². The second-order valence-electron chi connectivity index (χ2n) is 7.18. The van der Waals surface area contributed by atoms with Gasteiger partial charge in [0, 0.05) is 31.1 Å². The third kappa shape index (κ3) is 7.21. The van der Waals surface area contributed by atoms with Crippen molar-refractivity contribution in [2.45, 2.75) is 50.8 Å². The van der Waals surface area contributed by atoms with Crippen molar-refractivity contribution >= 4 is 35.7 Å². The summed E-state index contributed by atoms with van der Waals surface area (Å²) in [5.74, 6) is 0. The molecule has 0 aliphatic carbocycles. The number of imide groups is 1. The lowest BCUT2D eigenvalue weighted by molar-refractivity contribution is -0.687. The predicted octanol–water partition coefficient (Wildman–Crippen LogP) is 4.75. The molecule has 0 aliphatic rings. The minimum absolute atomic E-state index is 0.0622. The van der Waals surface area contributed by atoms with Crippen LogP contribution in [-0.2, 0) is 4.74 Å². The summed E-state index contributed by atoms with van der Waals surface area (Å²) in [7, 11) is 3.05. The van der Waals surface area contributed by atoms with Crippen molar-refractivity contribution in [2.75, 3.05) is 27.2 Å². The third-order valence-corrected chi connectivity index (χ3v) is 5.29. The molecule has 0 bridgehead atoms. The maximum absolute atomic E-state index is 13.2. The molecule has 172 valence electrons. The first kappa shape index (κ1) is 26.4. The first-order chi connectivity index (χ1) is 14.7. The van der Waals surface area contributed by atoms with Crippen LogP contribution in [0.1, 0.15) is 46.0 Å². The van der Waals surface area contributed by atoms with E-state index in [1.807, 2.05) is 6.92 Å². The van der Waals surface area contributed by atoms with Crippen LogP contribution in [0.25, 0.3) is 0 Å². The molecule has 31 heavy (non-hydrogen) atoms. The Kier molecular flexibility index (Phi) is 11.0. The number of amidine groups is 1. The van der Waals surface area contributed by atoms with Crippen LogP contribution < -0.4 is 4.72 Å². The number of quaternary nitrogens is 1. The van der Waals surface area contributed by atoms with Crippen LogP contribution in [0.4, 0.5) is 15.3 Å². The van der Waals surface area contributed by atoms with Gasteiger partial charge >= 0.3 is 18.1 Å². The number of hydrogen-bond donors (Lipinski definition) is 2. The molecule has 0 spiro atoms. The van der Waals surface area contributed by atoms with E-state index in [1.54, 1.807) is 0 Å². The number of nitro benzene ring substituents is 1. The molecule has 0 fully saturated rings. The number of nitrogens with one attached hydrogen (secondary N) is 2. The zero-order valence-electron chi connectivity index (χ0n) is 18.6. The van der Waals surface area contributed by atoms with Crippen molar-refractivity contribution in [3.05, 3.63) is 34.4 Å². The van der Waals surface area contributed by atoms with Gasteiger partial charge in [-0.1, -0.05) is 37.6 Å². The minimum atomic E-state index is -0.919. The average molecular weight is 455 g/mol. The molecule has 0 saturated heterocycles. The zero-order valence-corrected chi connectivity index (χ0v) is 19.4. The van der Waals surface area contributed by atoms with Crippen molar-refractivity contribution in [2.24, 2.45) is 0 Å². The quantitative estimate of drug-likeness (QED) is 0.0999. The van der Waals surface area contributed by atoms with Gasteiger partial charge in [0.1, 0.15) is 6.54 Å². The number of benzene rings is 1. The second-order valence-corrected chi connectivity index (χ2v) is 8.06. The summed E-state index contributed by atoms with van der Waals surface area (Å²) in [5.41, 5.74) is -0.0622. The summed E-state index contributed by atoms with van der Waals surface area (Å²) in [6.07, 6.45) is 4.26. The molecular weight excluding hydrogens is 422 g/mol. The van der Waals surface area contributed by atoms with Gasteiger partial charge in [0.05, 0.1) is 11.5 Å².